The smallest absolute Gasteiger partial charge is 0.356 e. The van der Waals surface area contributed by atoms with E-state index in [0.29, 0.717) is 23.4 Å². The van der Waals surface area contributed by atoms with Crippen molar-refractivity contribution in [2.24, 2.45) is 5.92 Å². The monoisotopic (exact) mass is 417 g/mol. The second kappa shape index (κ2) is 6.53. The van der Waals surface area contributed by atoms with Crippen molar-refractivity contribution in [3.05, 3.63) is 30.0 Å². The van der Waals surface area contributed by atoms with Gasteiger partial charge in [0.25, 0.3) is 0 Å². The fraction of sp³-hybridized carbons (Fsp3) is 0.526. The van der Waals surface area contributed by atoms with Gasteiger partial charge in [-0.2, -0.15) is 0 Å². The van der Waals surface area contributed by atoms with Crippen LogP contribution in [0, 0.1) is 5.92 Å². The van der Waals surface area contributed by atoms with Crippen LogP contribution in [-0.4, -0.2) is 50.1 Å². The number of hydrogen-bond donors (Lipinski definition) is 3. The molecule has 9 nitrogen and oxygen atoms in total. The van der Waals surface area contributed by atoms with Crippen molar-refractivity contribution in [1.29, 1.82) is 0 Å². The Kier molecular flexibility index (Phi) is 4.18. The van der Waals surface area contributed by atoms with Gasteiger partial charge in [0, 0.05) is 18.2 Å². The summed E-state index contributed by atoms with van der Waals surface area (Å²) in [6.45, 7) is 2.08. The summed E-state index contributed by atoms with van der Waals surface area (Å²) in [5.41, 5.74) is 1.86. The van der Waals surface area contributed by atoms with Crippen LogP contribution in [0.4, 0.5) is 0 Å². The summed E-state index contributed by atoms with van der Waals surface area (Å²) >= 11 is 0. The molecule has 0 radical (unpaired) electrons. The minimum atomic E-state index is -3.27. The maximum absolute atomic E-state index is 12.4. The van der Waals surface area contributed by atoms with E-state index in [2.05, 4.69) is 26.6 Å². The zero-order valence-electron chi connectivity index (χ0n) is 16.0. The minimum Gasteiger partial charge on any atom is -0.476 e. The van der Waals surface area contributed by atoms with Gasteiger partial charge in [-0.05, 0) is 37.7 Å². The lowest BCUT2D eigenvalue weighted by atomic mass is 9.93. The van der Waals surface area contributed by atoms with Gasteiger partial charge in [-0.25, -0.2) is 27.9 Å². The van der Waals surface area contributed by atoms with Crippen molar-refractivity contribution >= 4 is 32.7 Å². The first-order chi connectivity index (χ1) is 13.9. The maximum Gasteiger partial charge on any atom is 0.356 e. The minimum absolute atomic E-state index is 0.0209. The van der Waals surface area contributed by atoms with E-state index in [4.69, 9.17) is 0 Å². The number of imidazole rings is 1. The Bertz CT molecular complexity index is 1210. The summed E-state index contributed by atoms with van der Waals surface area (Å²) in [4.78, 5) is 23.7. The topological polar surface area (TPSA) is 129 Å². The number of H-pyrrole nitrogens is 1. The molecule has 0 saturated heterocycles. The van der Waals surface area contributed by atoms with Crippen molar-refractivity contribution in [1.82, 2.24) is 24.1 Å². The number of nitrogens with zero attached hydrogens (tertiary/aromatic N) is 3. The number of aromatic carboxylic acids is 1. The lowest BCUT2D eigenvalue weighted by Crippen LogP contribution is -2.35. The summed E-state index contributed by atoms with van der Waals surface area (Å²) in [7, 11) is -3.27. The fourth-order valence-corrected chi connectivity index (χ4v) is 6.29. The van der Waals surface area contributed by atoms with Gasteiger partial charge < -0.3 is 10.1 Å². The molecule has 5 rings (SSSR count). The van der Waals surface area contributed by atoms with Gasteiger partial charge in [0.15, 0.2) is 11.3 Å². The van der Waals surface area contributed by atoms with Crippen molar-refractivity contribution in [2.75, 3.05) is 0 Å². The van der Waals surface area contributed by atoms with Crippen molar-refractivity contribution in [2.45, 2.75) is 56.2 Å². The van der Waals surface area contributed by atoms with Crippen LogP contribution in [0.5, 0.6) is 0 Å². The van der Waals surface area contributed by atoms with Gasteiger partial charge in [0.2, 0.25) is 10.0 Å². The number of aromatic nitrogens is 4. The number of nitrogens with one attached hydrogen (secondary N) is 2. The largest absolute Gasteiger partial charge is 0.476 e. The maximum atomic E-state index is 12.4. The number of carbonyl (C=O) groups is 1. The van der Waals surface area contributed by atoms with Crippen LogP contribution in [0.15, 0.2) is 18.5 Å². The van der Waals surface area contributed by atoms with E-state index in [-0.39, 0.29) is 28.8 Å². The average Bonchev–Trinajstić information content (AvgIpc) is 3.14. The predicted molar refractivity (Wildman–Crippen MR) is 106 cm³/mol. The highest BCUT2D eigenvalue weighted by Gasteiger charge is 2.42. The lowest BCUT2D eigenvalue weighted by molar-refractivity contribution is 0.0693. The zero-order chi connectivity index (χ0) is 20.3. The Morgan fingerprint density at radius 2 is 2.14 bits per heavy atom. The number of aromatic amines is 1. The van der Waals surface area contributed by atoms with Gasteiger partial charge >= 0.3 is 5.97 Å². The number of hydrogen-bond acceptors (Lipinski definition) is 5. The van der Waals surface area contributed by atoms with Gasteiger partial charge in [0.1, 0.15) is 5.82 Å². The van der Waals surface area contributed by atoms with Crippen molar-refractivity contribution in [3.63, 3.8) is 0 Å². The first kappa shape index (κ1) is 18.6. The second-order valence-electron chi connectivity index (χ2n) is 8.12. The lowest BCUT2D eigenvalue weighted by Gasteiger charge is -2.16. The van der Waals surface area contributed by atoms with Crippen LogP contribution < -0.4 is 4.72 Å². The third-order valence-corrected chi connectivity index (χ3v) is 8.26. The number of carboxylic acids is 1. The average molecular weight is 417 g/mol. The molecule has 3 aromatic rings. The summed E-state index contributed by atoms with van der Waals surface area (Å²) in [6, 6.07) is 1.70. The van der Waals surface area contributed by atoms with E-state index in [1.807, 2.05) is 10.5 Å². The summed E-state index contributed by atoms with van der Waals surface area (Å²) in [6.07, 6.45) is 6.96. The highest BCUT2D eigenvalue weighted by molar-refractivity contribution is 7.90. The van der Waals surface area contributed by atoms with E-state index < -0.39 is 16.0 Å². The first-order valence-corrected chi connectivity index (χ1v) is 11.5. The van der Waals surface area contributed by atoms with Gasteiger partial charge in [0.05, 0.1) is 22.5 Å². The van der Waals surface area contributed by atoms with Gasteiger partial charge in [-0.15, -0.1) is 0 Å². The van der Waals surface area contributed by atoms with E-state index in [9.17, 15) is 18.3 Å². The Labute approximate surface area is 167 Å². The molecule has 29 heavy (non-hydrogen) atoms. The van der Waals surface area contributed by atoms with E-state index >= 15 is 0 Å². The highest BCUT2D eigenvalue weighted by Crippen LogP contribution is 2.43. The molecule has 154 valence electrons. The number of carboxylic acid groups (broad SMARTS) is 1. The Morgan fingerprint density at radius 3 is 2.83 bits per heavy atom. The number of sulfonamides is 1. The molecule has 0 amide bonds. The normalized spacial score (nSPS) is 25.2. The van der Waals surface area contributed by atoms with Crippen LogP contribution in [-0.2, 0) is 10.0 Å². The standard InChI is InChI=1S/C19H23N5O4S/c1-2-10-7-11(23-29(27,28)12-3-4-12)8-13(10)18-22-16(19(25)26)15-9-21-17-14(24(15)18)5-6-20-17/h5-6,9-13,20,23H,2-4,7-8H2,1H3,(H,25,26)/t10-,11+,13+/m1/s1. The molecule has 0 unspecified atom stereocenters. The molecule has 3 N–H and O–H groups in total. The molecule has 0 spiro atoms. The SMILES string of the molecule is CC[C@@H]1C[C@H](NS(=O)(=O)C2CC2)C[C@@H]1c1nc(C(=O)O)c2cnc3[nH]ccc3n12. The Hall–Kier alpha value is -2.46. The van der Waals surface area contributed by atoms with Crippen LogP contribution in [0.1, 0.15) is 61.3 Å². The fourth-order valence-electron chi connectivity index (χ4n) is 4.69. The molecule has 10 heteroatoms. The van der Waals surface area contributed by atoms with Crippen molar-refractivity contribution in [3.8, 4) is 0 Å². The van der Waals surface area contributed by atoms with Crippen LogP contribution in [0.2, 0.25) is 0 Å². The molecule has 2 fully saturated rings. The third-order valence-electron chi connectivity index (χ3n) is 6.25. The van der Waals surface area contributed by atoms with E-state index in [1.165, 1.54) is 6.20 Å². The second-order valence-corrected chi connectivity index (χ2v) is 10.1. The summed E-state index contributed by atoms with van der Waals surface area (Å²) < 4.78 is 29.6. The van der Waals surface area contributed by atoms with Crippen LogP contribution in [0.25, 0.3) is 16.7 Å². The Morgan fingerprint density at radius 1 is 1.34 bits per heavy atom. The highest BCUT2D eigenvalue weighted by atomic mass is 32.2. The molecule has 0 aromatic carbocycles. The van der Waals surface area contributed by atoms with E-state index in [0.717, 1.165) is 31.2 Å². The van der Waals surface area contributed by atoms with E-state index in [1.54, 1.807) is 6.20 Å². The predicted octanol–water partition coefficient (Wildman–Crippen LogP) is 2.26. The quantitative estimate of drug-likeness (QED) is 0.564. The summed E-state index contributed by atoms with van der Waals surface area (Å²) in [5, 5.41) is 9.40. The Balaban J connectivity index is 1.58. The van der Waals surface area contributed by atoms with Crippen molar-refractivity contribution < 1.29 is 18.3 Å². The first-order valence-electron chi connectivity index (χ1n) is 9.98. The van der Waals surface area contributed by atoms with Crippen LogP contribution in [0.3, 0.4) is 0 Å². The molecule has 0 aliphatic heterocycles. The molecular weight excluding hydrogens is 394 g/mol. The molecule has 2 aliphatic carbocycles. The molecular formula is C19H23N5O4S. The van der Waals surface area contributed by atoms with Gasteiger partial charge in [-0.1, -0.05) is 13.3 Å². The van der Waals surface area contributed by atoms with Crippen LogP contribution >= 0.6 is 0 Å². The third kappa shape index (κ3) is 3.01. The molecule has 3 aromatic heterocycles. The zero-order valence-corrected chi connectivity index (χ0v) is 16.8. The molecule has 3 atom stereocenters. The number of fused-ring (bicyclic) bond motifs is 3. The van der Waals surface area contributed by atoms with Gasteiger partial charge in [-0.3, -0.25) is 4.40 Å². The molecule has 2 aliphatic rings. The number of rotatable bonds is 6. The molecule has 0 bridgehead atoms. The summed E-state index contributed by atoms with van der Waals surface area (Å²) in [5.74, 6) is -0.240. The molecule has 3 heterocycles. The molecule has 2 saturated carbocycles.